The molecule has 1 nitrogen and oxygen atoms in total. The Kier molecular flexibility index (Phi) is 5.73. The van der Waals surface area contributed by atoms with E-state index < -0.39 is 0 Å². The van der Waals surface area contributed by atoms with Crippen molar-refractivity contribution in [1.29, 1.82) is 0 Å². The van der Waals surface area contributed by atoms with E-state index in [2.05, 4.69) is 41.5 Å². The quantitative estimate of drug-likeness (QED) is 0.691. The molecule has 2 N–H and O–H groups in total. The van der Waals surface area contributed by atoms with Gasteiger partial charge >= 0.3 is 0 Å². The zero-order valence-electron chi connectivity index (χ0n) is 10.9. The van der Waals surface area contributed by atoms with Crippen molar-refractivity contribution in [2.75, 3.05) is 0 Å². The maximum absolute atomic E-state index is 6.36. The van der Waals surface area contributed by atoms with E-state index in [-0.39, 0.29) is 5.54 Å². The molecule has 0 aromatic rings. The third-order valence-electron chi connectivity index (χ3n) is 3.43. The van der Waals surface area contributed by atoms with E-state index in [0.29, 0.717) is 11.8 Å². The van der Waals surface area contributed by atoms with Crippen molar-refractivity contribution in [2.24, 2.45) is 23.5 Å². The van der Waals surface area contributed by atoms with Gasteiger partial charge in [-0.15, -0.1) is 0 Å². The van der Waals surface area contributed by atoms with Crippen molar-refractivity contribution >= 4 is 0 Å². The molecule has 1 heteroatoms. The van der Waals surface area contributed by atoms with Crippen LogP contribution >= 0.6 is 0 Å². The van der Waals surface area contributed by atoms with Crippen molar-refractivity contribution in [2.45, 2.75) is 66.3 Å². The van der Waals surface area contributed by atoms with E-state index in [1.165, 1.54) is 12.8 Å². The van der Waals surface area contributed by atoms with Crippen molar-refractivity contribution in [3.63, 3.8) is 0 Å². The topological polar surface area (TPSA) is 26.0 Å². The first-order valence-corrected chi connectivity index (χ1v) is 6.08. The number of hydrogen-bond acceptors (Lipinski definition) is 1. The first-order chi connectivity index (χ1) is 6.29. The summed E-state index contributed by atoms with van der Waals surface area (Å²) in [6.07, 6.45) is 3.66. The zero-order chi connectivity index (χ0) is 11.4. The first-order valence-electron chi connectivity index (χ1n) is 6.08. The Labute approximate surface area is 90.5 Å². The van der Waals surface area contributed by atoms with Gasteiger partial charge in [0, 0.05) is 5.54 Å². The number of nitrogens with two attached hydrogens (primary N) is 1. The van der Waals surface area contributed by atoms with Gasteiger partial charge in [-0.1, -0.05) is 41.0 Å². The molecule has 86 valence electrons. The third-order valence-corrected chi connectivity index (χ3v) is 3.43. The third kappa shape index (κ3) is 4.99. The van der Waals surface area contributed by atoms with Gasteiger partial charge < -0.3 is 5.73 Å². The first kappa shape index (κ1) is 14.0. The van der Waals surface area contributed by atoms with Crippen molar-refractivity contribution in [3.8, 4) is 0 Å². The number of rotatable bonds is 6. The highest BCUT2D eigenvalue weighted by molar-refractivity contribution is 4.86. The van der Waals surface area contributed by atoms with E-state index in [4.69, 9.17) is 5.73 Å². The van der Waals surface area contributed by atoms with Crippen LogP contribution in [0.25, 0.3) is 0 Å². The molecule has 0 fully saturated rings. The van der Waals surface area contributed by atoms with Crippen LogP contribution in [0.1, 0.15) is 60.8 Å². The van der Waals surface area contributed by atoms with E-state index in [9.17, 15) is 0 Å². The minimum atomic E-state index is 0.0115. The van der Waals surface area contributed by atoms with Crippen LogP contribution < -0.4 is 5.73 Å². The molecule has 0 saturated heterocycles. The summed E-state index contributed by atoms with van der Waals surface area (Å²) < 4.78 is 0. The molecule has 0 aliphatic rings. The number of hydrogen-bond donors (Lipinski definition) is 1. The van der Waals surface area contributed by atoms with Gasteiger partial charge in [-0.25, -0.2) is 0 Å². The van der Waals surface area contributed by atoms with Crippen molar-refractivity contribution in [1.82, 2.24) is 0 Å². The molecule has 0 heterocycles. The Morgan fingerprint density at radius 2 is 1.64 bits per heavy atom. The van der Waals surface area contributed by atoms with E-state index in [1.807, 2.05) is 0 Å². The molecule has 0 aliphatic heterocycles. The predicted octanol–water partition coefficient (Wildman–Crippen LogP) is 3.82. The van der Waals surface area contributed by atoms with Gasteiger partial charge in [0.2, 0.25) is 0 Å². The van der Waals surface area contributed by atoms with Crippen LogP contribution in [0.4, 0.5) is 0 Å². The van der Waals surface area contributed by atoms with Crippen LogP contribution in [0.3, 0.4) is 0 Å². The predicted molar refractivity (Wildman–Crippen MR) is 65.3 cm³/mol. The summed E-state index contributed by atoms with van der Waals surface area (Å²) in [6, 6.07) is 0. The normalized spacial score (nSPS) is 20.6. The van der Waals surface area contributed by atoms with Gasteiger partial charge in [0.05, 0.1) is 0 Å². The molecule has 0 spiro atoms. The molecular formula is C13H29N. The molecule has 0 saturated carbocycles. The van der Waals surface area contributed by atoms with Crippen LogP contribution in [0.5, 0.6) is 0 Å². The van der Waals surface area contributed by atoms with Gasteiger partial charge in [-0.2, -0.15) is 0 Å². The molecule has 0 aromatic heterocycles. The zero-order valence-corrected chi connectivity index (χ0v) is 10.9. The Morgan fingerprint density at radius 3 is 2.00 bits per heavy atom. The van der Waals surface area contributed by atoms with Gasteiger partial charge in [0.15, 0.2) is 0 Å². The summed E-state index contributed by atoms with van der Waals surface area (Å²) in [6.45, 7) is 13.6. The van der Waals surface area contributed by atoms with Crippen LogP contribution in [-0.2, 0) is 0 Å². The Bertz CT molecular complexity index is 149. The lowest BCUT2D eigenvalue weighted by atomic mass is 9.77. The molecule has 0 amide bonds. The van der Waals surface area contributed by atoms with Gasteiger partial charge in [0.1, 0.15) is 0 Å². The summed E-state index contributed by atoms with van der Waals surface area (Å²) in [5.41, 5.74) is 6.38. The highest BCUT2D eigenvalue weighted by Gasteiger charge is 2.27. The average Bonchev–Trinajstić information content (AvgIpc) is 2.01. The molecular weight excluding hydrogens is 170 g/mol. The monoisotopic (exact) mass is 199 g/mol. The maximum Gasteiger partial charge on any atom is 0.0154 e. The van der Waals surface area contributed by atoms with Crippen LogP contribution in [-0.4, -0.2) is 5.54 Å². The fraction of sp³-hybridized carbons (Fsp3) is 1.00. The Hall–Kier alpha value is -0.0400. The minimum absolute atomic E-state index is 0.0115. The molecule has 0 aliphatic carbocycles. The maximum atomic E-state index is 6.36. The lowest BCUT2D eigenvalue weighted by molar-refractivity contribution is 0.226. The summed E-state index contributed by atoms with van der Waals surface area (Å²) in [5, 5.41) is 0. The molecule has 0 aromatic carbocycles. The van der Waals surface area contributed by atoms with E-state index >= 15 is 0 Å². The van der Waals surface area contributed by atoms with E-state index in [0.717, 1.165) is 12.3 Å². The Morgan fingerprint density at radius 1 is 1.14 bits per heavy atom. The second-order valence-electron chi connectivity index (χ2n) is 5.75. The lowest BCUT2D eigenvalue weighted by Gasteiger charge is -2.34. The molecule has 0 radical (unpaired) electrons. The van der Waals surface area contributed by atoms with E-state index in [1.54, 1.807) is 0 Å². The van der Waals surface area contributed by atoms with Crippen LogP contribution in [0.2, 0.25) is 0 Å². The minimum Gasteiger partial charge on any atom is -0.325 e. The van der Waals surface area contributed by atoms with Crippen molar-refractivity contribution in [3.05, 3.63) is 0 Å². The lowest BCUT2D eigenvalue weighted by Crippen LogP contribution is -2.44. The second-order valence-corrected chi connectivity index (χ2v) is 5.75. The summed E-state index contributed by atoms with van der Waals surface area (Å²) in [4.78, 5) is 0. The standard InChI is InChI=1S/C13H29N/c1-7-11(4)8-12(5)13(6,14)9-10(2)3/h10-12H,7-9,14H2,1-6H3. The Balaban J connectivity index is 4.13. The SMILES string of the molecule is CCC(C)CC(C)C(C)(N)CC(C)C. The smallest absolute Gasteiger partial charge is 0.0154 e. The molecule has 14 heavy (non-hydrogen) atoms. The summed E-state index contributed by atoms with van der Waals surface area (Å²) in [5.74, 6) is 2.13. The van der Waals surface area contributed by atoms with Gasteiger partial charge in [0.25, 0.3) is 0 Å². The largest absolute Gasteiger partial charge is 0.325 e. The molecule has 3 unspecified atom stereocenters. The molecule has 3 atom stereocenters. The molecule has 0 bridgehead atoms. The fourth-order valence-corrected chi connectivity index (χ4v) is 2.12. The molecule has 0 rings (SSSR count). The van der Waals surface area contributed by atoms with Crippen LogP contribution in [0.15, 0.2) is 0 Å². The van der Waals surface area contributed by atoms with Crippen molar-refractivity contribution < 1.29 is 0 Å². The van der Waals surface area contributed by atoms with Gasteiger partial charge in [-0.05, 0) is 37.5 Å². The highest BCUT2D eigenvalue weighted by Crippen LogP contribution is 2.28. The highest BCUT2D eigenvalue weighted by atomic mass is 14.7. The fourth-order valence-electron chi connectivity index (χ4n) is 2.12. The summed E-state index contributed by atoms with van der Waals surface area (Å²) in [7, 11) is 0. The average molecular weight is 199 g/mol. The summed E-state index contributed by atoms with van der Waals surface area (Å²) >= 11 is 0. The second kappa shape index (κ2) is 5.75. The van der Waals surface area contributed by atoms with Gasteiger partial charge in [-0.3, -0.25) is 0 Å². The van der Waals surface area contributed by atoms with Crippen LogP contribution in [0, 0.1) is 17.8 Å².